The topological polar surface area (TPSA) is 17.1 Å². The van der Waals surface area contributed by atoms with Gasteiger partial charge in [-0.25, -0.2) is 0 Å². The average molecular weight is 190 g/mol. The summed E-state index contributed by atoms with van der Waals surface area (Å²) in [6, 6.07) is 0. The Kier molecular flexibility index (Phi) is 4.37. The Morgan fingerprint density at radius 1 is 1.29 bits per heavy atom. The third-order valence-corrected chi connectivity index (χ3v) is 2.67. The fourth-order valence-electron chi connectivity index (χ4n) is 1.70. The molecular weight excluding hydrogens is 172 g/mol. The summed E-state index contributed by atoms with van der Waals surface area (Å²) in [4.78, 5) is 10.2. The molecule has 1 nitrogen and oxygen atoms in total. The molecule has 0 aromatic heterocycles. The first-order valence-electron chi connectivity index (χ1n) is 5.23. The van der Waals surface area contributed by atoms with Crippen LogP contribution in [0.5, 0.6) is 0 Å². The molecule has 1 aliphatic carbocycles. The molecule has 1 aliphatic rings. The Labute approximate surface area is 86.2 Å². The van der Waals surface area contributed by atoms with Crippen molar-refractivity contribution in [2.45, 2.75) is 39.5 Å². The Balaban J connectivity index is 2.67. The van der Waals surface area contributed by atoms with E-state index < -0.39 is 0 Å². The lowest BCUT2D eigenvalue weighted by molar-refractivity contribution is -0.104. The summed E-state index contributed by atoms with van der Waals surface area (Å²) in [5.74, 6) is 0. The second-order valence-electron chi connectivity index (χ2n) is 3.89. The third kappa shape index (κ3) is 3.33. The number of allylic oxidation sites excluding steroid dienone is 6. The van der Waals surface area contributed by atoms with Crippen LogP contribution in [0.25, 0.3) is 0 Å². The Morgan fingerprint density at radius 3 is 2.64 bits per heavy atom. The van der Waals surface area contributed by atoms with Crippen molar-refractivity contribution in [2.24, 2.45) is 0 Å². The quantitative estimate of drug-likeness (QED) is 0.377. The molecule has 0 bridgehead atoms. The van der Waals surface area contributed by atoms with Crippen molar-refractivity contribution in [1.29, 1.82) is 0 Å². The number of hydrogen-bond donors (Lipinski definition) is 0. The van der Waals surface area contributed by atoms with Crippen molar-refractivity contribution >= 4 is 6.29 Å². The maximum absolute atomic E-state index is 10.2. The van der Waals surface area contributed by atoms with Crippen LogP contribution in [-0.4, -0.2) is 6.29 Å². The van der Waals surface area contributed by atoms with Crippen LogP contribution in [-0.2, 0) is 4.79 Å². The van der Waals surface area contributed by atoms with Gasteiger partial charge in [0.2, 0.25) is 0 Å². The van der Waals surface area contributed by atoms with Gasteiger partial charge in [0.05, 0.1) is 0 Å². The van der Waals surface area contributed by atoms with E-state index in [2.05, 4.69) is 13.0 Å². The van der Waals surface area contributed by atoms with E-state index in [1.165, 1.54) is 36.8 Å². The SMILES string of the molecule is CC1=C(/C=C/C(C)=C/C=O)CCCC1. The molecule has 0 unspecified atom stereocenters. The molecule has 0 N–H and O–H groups in total. The van der Waals surface area contributed by atoms with Crippen molar-refractivity contribution < 1.29 is 4.79 Å². The fourth-order valence-corrected chi connectivity index (χ4v) is 1.70. The highest BCUT2D eigenvalue weighted by molar-refractivity contribution is 5.67. The third-order valence-electron chi connectivity index (χ3n) is 2.67. The van der Waals surface area contributed by atoms with Crippen LogP contribution in [0.4, 0.5) is 0 Å². The van der Waals surface area contributed by atoms with Gasteiger partial charge in [0.15, 0.2) is 0 Å². The standard InChI is InChI=1S/C13H18O/c1-11(9-10-14)7-8-13-6-4-3-5-12(13)2/h7-10H,3-6H2,1-2H3/b8-7+,11-9+. The van der Waals surface area contributed by atoms with Crippen molar-refractivity contribution in [2.75, 3.05) is 0 Å². The molecule has 1 heteroatoms. The van der Waals surface area contributed by atoms with Crippen LogP contribution in [0.2, 0.25) is 0 Å². The molecule has 0 atom stereocenters. The Hall–Kier alpha value is -1.11. The molecule has 0 radical (unpaired) electrons. The zero-order valence-electron chi connectivity index (χ0n) is 9.05. The highest BCUT2D eigenvalue weighted by atomic mass is 16.1. The summed E-state index contributed by atoms with van der Waals surface area (Å²) in [7, 11) is 0. The minimum atomic E-state index is 0.835. The van der Waals surface area contributed by atoms with E-state index >= 15 is 0 Å². The molecule has 0 spiro atoms. The summed E-state index contributed by atoms with van der Waals surface area (Å²) in [5, 5.41) is 0. The minimum Gasteiger partial charge on any atom is -0.299 e. The predicted octanol–water partition coefficient (Wildman–Crippen LogP) is 3.58. The maximum atomic E-state index is 10.2. The van der Waals surface area contributed by atoms with Crippen LogP contribution in [0.1, 0.15) is 39.5 Å². The lowest BCUT2D eigenvalue weighted by Crippen LogP contribution is -1.94. The first-order valence-corrected chi connectivity index (χ1v) is 5.23. The molecule has 1 rings (SSSR count). The van der Waals surface area contributed by atoms with Gasteiger partial charge in [-0.15, -0.1) is 0 Å². The van der Waals surface area contributed by atoms with E-state index in [1.807, 2.05) is 13.0 Å². The summed E-state index contributed by atoms with van der Waals surface area (Å²) in [5.41, 5.74) is 3.98. The second-order valence-corrected chi connectivity index (χ2v) is 3.89. The normalized spacial score (nSPS) is 19.1. The van der Waals surface area contributed by atoms with Crippen LogP contribution in [0.15, 0.2) is 34.9 Å². The van der Waals surface area contributed by atoms with Gasteiger partial charge >= 0.3 is 0 Å². The second kappa shape index (κ2) is 5.58. The monoisotopic (exact) mass is 190 g/mol. The van der Waals surface area contributed by atoms with Gasteiger partial charge in [0.1, 0.15) is 6.29 Å². The van der Waals surface area contributed by atoms with Crippen molar-refractivity contribution in [3.8, 4) is 0 Å². The summed E-state index contributed by atoms with van der Waals surface area (Å²) in [6.45, 7) is 4.15. The molecule has 0 aliphatic heterocycles. The number of carbonyl (C=O) groups is 1. The largest absolute Gasteiger partial charge is 0.299 e. The van der Waals surface area contributed by atoms with Gasteiger partial charge < -0.3 is 0 Å². The summed E-state index contributed by atoms with van der Waals surface area (Å²) < 4.78 is 0. The maximum Gasteiger partial charge on any atom is 0.143 e. The van der Waals surface area contributed by atoms with E-state index in [0.29, 0.717) is 0 Å². The molecule has 76 valence electrons. The minimum absolute atomic E-state index is 0.835. The van der Waals surface area contributed by atoms with Crippen molar-refractivity contribution in [1.82, 2.24) is 0 Å². The van der Waals surface area contributed by atoms with E-state index in [-0.39, 0.29) is 0 Å². The molecular formula is C13H18O. The molecule has 0 aromatic carbocycles. The highest BCUT2D eigenvalue weighted by Gasteiger charge is 2.05. The van der Waals surface area contributed by atoms with Gasteiger partial charge in [-0.2, -0.15) is 0 Å². The van der Waals surface area contributed by atoms with E-state index in [4.69, 9.17) is 0 Å². The molecule has 0 amide bonds. The van der Waals surface area contributed by atoms with Gasteiger partial charge in [0, 0.05) is 0 Å². The zero-order chi connectivity index (χ0) is 10.4. The fraction of sp³-hybridized carbons (Fsp3) is 0.462. The lowest BCUT2D eigenvalue weighted by Gasteiger charge is -2.14. The molecule has 14 heavy (non-hydrogen) atoms. The van der Waals surface area contributed by atoms with Gasteiger partial charge in [-0.3, -0.25) is 4.79 Å². The average Bonchev–Trinajstić information content (AvgIpc) is 2.17. The molecule has 0 saturated heterocycles. The van der Waals surface area contributed by atoms with Crippen LogP contribution < -0.4 is 0 Å². The number of rotatable bonds is 3. The van der Waals surface area contributed by atoms with Gasteiger partial charge in [0.25, 0.3) is 0 Å². The Morgan fingerprint density at radius 2 is 2.00 bits per heavy atom. The molecule has 0 fully saturated rings. The van der Waals surface area contributed by atoms with E-state index in [1.54, 1.807) is 6.08 Å². The number of aldehydes is 1. The molecule has 0 heterocycles. The molecule has 0 saturated carbocycles. The highest BCUT2D eigenvalue weighted by Crippen LogP contribution is 2.25. The molecule has 0 aromatic rings. The first kappa shape index (κ1) is 11.0. The van der Waals surface area contributed by atoms with Crippen LogP contribution >= 0.6 is 0 Å². The lowest BCUT2D eigenvalue weighted by atomic mass is 9.92. The van der Waals surface area contributed by atoms with Crippen molar-refractivity contribution in [3.05, 3.63) is 34.9 Å². The van der Waals surface area contributed by atoms with E-state index in [9.17, 15) is 4.79 Å². The van der Waals surface area contributed by atoms with Crippen LogP contribution in [0, 0.1) is 0 Å². The number of hydrogen-bond acceptors (Lipinski definition) is 1. The van der Waals surface area contributed by atoms with Gasteiger partial charge in [-0.1, -0.05) is 17.7 Å². The van der Waals surface area contributed by atoms with Gasteiger partial charge in [-0.05, 0) is 56.8 Å². The first-order chi connectivity index (χ1) is 6.74. The zero-order valence-corrected chi connectivity index (χ0v) is 9.05. The van der Waals surface area contributed by atoms with Crippen LogP contribution in [0.3, 0.4) is 0 Å². The summed E-state index contributed by atoms with van der Waals surface area (Å²) >= 11 is 0. The number of carbonyl (C=O) groups excluding carboxylic acids is 1. The van der Waals surface area contributed by atoms with E-state index in [0.717, 1.165) is 11.9 Å². The smallest absolute Gasteiger partial charge is 0.143 e. The summed E-state index contributed by atoms with van der Waals surface area (Å²) in [6.07, 6.45) is 11.7. The van der Waals surface area contributed by atoms with Crippen molar-refractivity contribution in [3.63, 3.8) is 0 Å². The Bertz CT molecular complexity index is 292. The predicted molar refractivity (Wildman–Crippen MR) is 60.1 cm³/mol.